The molecule has 10 nitrogen and oxygen atoms in total. The Labute approximate surface area is 266 Å². The van der Waals surface area contributed by atoms with Crippen LogP contribution in [-0.4, -0.2) is 59.7 Å². The standard InChI is InChI=1S/C34H33ClN6O4/c1-2-41-12-8-22(9-13-41)15-32(42)40-29-17-26-28(18-31(29)44-25-10-14-43-21-25)38-20-23(19-36)34(26)39-24-6-7-30(27(35)16-24)45-33-5-3-4-11-37-33/h3-7,11,15-18,20,25H,2,8-10,12-14,21H2,1H3,(H,38,39)(H,40,42). The molecule has 4 aromatic rings. The minimum atomic E-state index is -0.226. The number of pyridine rings is 2. The Morgan fingerprint density at radius 2 is 2.04 bits per heavy atom. The van der Waals surface area contributed by atoms with Gasteiger partial charge in [0.25, 0.3) is 0 Å². The lowest BCUT2D eigenvalue weighted by Gasteiger charge is -2.26. The summed E-state index contributed by atoms with van der Waals surface area (Å²) < 4.78 is 17.6. The smallest absolute Gasteiger partial charge is 0.248 e. The van der Waals surface area contributed by atoms with Crippen LogP contribution in [0, 0.1) is 11.3 Å². The molecule has 0 bridgehead atoms. The number of fused-ring (bicyclic) bond motifs is 1. The first-order valence-electron chi connectivity index (χ1n) is 15.0. The van der Waals surface area contributed by atoms with Gasteiger partial charge in [0, 0.05) is 61.2 Å². The highest BCUT2D eigenvalue weighted by Crippen LogP contribution is 2.38. The van der Waals surface area contributed by atoms with Crippen LogP contribution in [0.25, 0.3) is 10.9 Å². The Morgan fingerprint density at radius 1 is 1.18 bits per heavy atom. The minimum absolute atomic E-state index is 0.139. The summed E-state index contributed by atoms with van der Waals surface area (Å²) in [5, 5.41) is 17.4. The van der Waals surface area contributed by atoms with E-state index in [0.29, 0.717) is 69.1 Å². The maximum Gasteiger partial charge on any atom is 0.248 e. The number of halogens is 1. The van der Waals surface area contributed by atoms with Crippen molar-refractivity contribution in [2.45, 2.75) is 32.3 Å². The fraction of sp³-hybridized carbons (Fsp3) is 0.294. The van der Waals surface area contributed by atoms with Crippen molar-refractivity contribution >= 4 is 45.5 Å². The molecule has 0 saturated carbocycles. The fourth-order valence-corrected chi connectivity index (χ4v) is 5.62. The number of nitriles is 1. The van der Waals surface area contributed by atoms with Crippen LogP contribution in [0.15, 0.2) is 72.6 Å². The van der Waals surface area contributed by atoms with Gasteiger partial charge in [-0.25, -0.2) is 4.98 Å². The van der Waals surface area contributed by atoms with E-state index in [0.717, 1.165) is 44.5 Å². The largest absolute Gasteiger partial charge is 0.486 e. The Kier molecular flexibility index (Phi) is 9.41. The molecule has 2 aliphatic heterocycles. The number of carbonyl (C=O) groups is 1. The van der Waals surface area contributed by atoms with Crippen molar-refractivity contribution < 1.29 is 19.0 Å². The molecule has 2 fully saturated rings. The third kappa shape index (κ3) is 7.35. The molecule has 11 heteroatoms. The highest BCUT2D eigenvalue weighted by Gasteiger charge is 2.22. The monoisotopic (exact) mass is 624 g/mol. The van der Waals surface area contributed by atoms with Gasteiger partial charge in [-0.3, -0.25) is 9.78 Å². The highest BCUT2D eigenvalue weighted by atomic mass is 35.5. The number of hydrogen-bond acceptors (Lipinski definition) is 9. The normalized spacial score (nSPS) is 16.6. The average molecular weight is 625 g/mol. The molecule has 6 rings (SSSR count). The second-order valence-electron chi connectivity index (χ2n) is 10.9. The number of nitrogens with zero attached hydrogens (tertiary/aromatic N) is 4. The summed E-state index contributed by atoms with van der Waals surface area (Å²) in [5.41, 5.74) is 3.68. The van der Waals surface area contributed by atoms with E-state index in [2.05, 4.69) is 38.5 Å². The van der Waals surface area contributed by atoms with Gasteiger partial charge < -0.3 is 29.7 Å². The highest BCUT2D eigenvalue weighted by molar-refractivity contribution is 6.32. The third-order valence-electron chi connectivity index (χ3n) is 7.86. The van der Waals surface area contributed by atoms with Gasteiger partial charge in [-0.2, -0.15) is 5.26 Å². The Bertz CT molecular complexity index is 1760. The number of nitrogens with one attached hydrogen (secondary N) is 2. The molecule has 2 aliphatic rings. The predicted molar refractivity (Wildman–Crippen MR) is 173 cm³/mol. The molecule has 1 atom stereocenters. The average Bonchev–Trinajstić information content (AvgIpc) is 3.57. The summed E-state index contributed by atoms with van der Waals surface area (Å²) in [4.78, 5) is 24.4. The van der Waals surface area contributed by atoms with Gasteiger partial charge in [0.2, 0.25) is 11.8 Å². The summed E-state index contributed by atoms with van der Waals surface area (Å²) in [6.07, 6.45) is 7.17. The number of carbonyl (C=O) groups excluding carboxylic acids is 1. The number of ether oxygens (including phenoxy) is 3. The van der Waals surface area contributed by atoms with E-state index < -0.39 is 0 Å². The van der Waals surface area contributed by atoms with Crippen LogP contribution in [0.5, 0.6) is 17.4 Å². The topological polar surface area (TPSA) is 122 Å². The molecule has 0 radical (unpaired) electrons. The molecule has 2 saturated heterocycles. The van der Waals surface area contributed by atoms with Gasteiger partial charge in [-0.15, -0.1) is 0 Å². The number of aromatic nitrogens is 2. The molecule has 230 valence electrons. The lowest BCUT2D eigenvalue weighted by atomic mass is 10.0. The molecular weight excluding hydrogens is 592 g/mol. The van der Waals surface area contributed by atoms with Gasteiger partial charge in [0.15, 0.2) is 0 Å². The van der Waals surface area contributed by atoms with E-state index in [1.54, 1.807) is 54.7 Å². The fourth-order valence-electron chi connectivity index (χ4n) is 5.40. The van der Waals surface area contributed by atoms with Crippen molar-refractivity contribution in [3.63, 3.8) is 0 Å². The quantitative estimate of drug-likeness (QED) is 0.193. The second kappa shape index (κ2) is 13.9. The summed E-state index contributed by atoms with van der Waals surface area (Å²) in [6, 6.07) is 16.4. The van der Waals surface area contributed by atoms with Crippen LogP contribution < -0.4 is 20.1 Å². The zero-order chi connectivity index (χ0) is 31.2. The van der Waals surface area contributed by atoms with Crippen LogP contribution in [0.3, 0.4) is 0 Å². The van der Waals surface area contributed by atoms with Gasteiger partial charge in [-0.05, 0) is 49.7 Å². The molecule has 2 N–H and O–H groups in total. The first kappa shape index (κ1) is 30.3. The maximum absolute atomic E-state index is 13.3. The summed E-state index contributed by atoms with van der Waals surface area (Å²) in [6.45, 7) is 6.13. The van der Waals surface area contributed by atoms with Crippen LogP contribution in [0.4, 0.5) is 17.1 Å². The van der Waals surface area contributed by atoms with Crippen LogP contribution in [0.2, 0.25) is 5.02 Å². The maximum atomic E-state index is 13.3. The Morgan fingerprint density at radius 3 is 2.76 bits per heavy atom. The molecule has 2 aromatic carbocycles. The van der Waals surface area contributed by atoms with Gasteiger partial charge in [0.05, 0.1) is 40.7 Å². The first-order chi connectivity index (χ1) is 22.0. The zero-order valence-electron chi connectivity index (χ0n) is 24.9. The summed E-state index contributed by atoms with van der Waals surface area (Å²) in [5.74, 6) is 1.13. The van der Waals surface area contributed by atoms with Crippen LogP contribution in [0.1, 0.15) is 31.7 Å². The van der Waals surface area contributed by atoms with Crippen molar-refractivity contribution in [1.82, 2.24) is 14.9 Å². The lowest BCUT2D eigenvalue weighted by Crippen LogP contribution is -2.30. The number of likely N-dealkylation sites (tertiary alicyclic amines) is 1. The van der Waals surface area contributed by atoms with Gasteiger partial charge >= 0.3 is 0 Å². The van der Waals surface area contributed by atoms with Crippen LogP contribution >= 0.6 is 11.6 Å². The van der Waals surface area contributed by atoms with Gasteiger partial charge in [0.1, 0.15) is 23.7 Å². The van der Waals surface area contributed by atoms with E-state index >= 15 is 0 Å². The molecule has 4 heterocycles. The van der Waals surface area contributed by atoms with Crippen molar-refractivity contribution in [2.24, 2.45) is 0 Å². The summed E-state index contributed by atoms with van der Waals surface area (Å²) >= 11 is 6.57. The number of anilines is 3. The number of hydrogen-bond donors (Lipinski definition) is 2. The van der Waals surface area contributed by atoms with E-state index in [9.17, 15) is 10.1 Å². The lowest BCUT2D eigenvalue weighted by molar-refractivity contribution is -0.112. The van der Waals surface area contributed by atoms with E-state index in [1.807, 2.05) is 6.07 Å². The predicted octanol–water partition coefficient (Wildman–Crippen LogP) is 6.84. The third-order valence-corrected chi connectivity index (χ3v) is 8.16. The van der Waals surface area contributed by atoms with Crippen LogP contribution in [-0.2, 0) is 9.53 Å². The van der Waals surface area contributed by atoms with E-state index in [-0.39, 0.29) is 12.0 Å². The van der Waals surface area contributed by atoms with Gasteiger partial charge in [-0.1, -0.05) is 30.2 Å². The number of rotatable bonds is 9. The van der Waals surface area contributed by atoms with Crippen molar-refractivity contribution in [3.8, 4) is 23.4 Å². The minimum Gasteiger partial charge on any atom is -0.486 e. The molecule has 2 aromatic heterocycles. The van der Waals surface area contributed by atoms with Crippen molar-refractivity contribution in [3.05, 3.63) is 83.2 Å². The van der Waals surface area contributed by atoms with E-state index in [4.69, 9.17) is 25.8 Å². The number of amides is 1. The molecule has 1 amide bonds. The molecule has 45 heavy (non-hydrogen) atoms. The number of benzene rings is 2. The van der Waals surface area contributed by atoms with E-state index in [1.165, 1.54) is 6.20 Å². The number of piperidine rings is 1. The molecule has 1 unspecified atom stereocenters. The SMILES string of the molecule is CCN1CCC(=CC(=O)Nc2cc3c(Nc4ccc(Oc5ccccn5)c(Cl)c4)c(C#N)cnc3cc2OC2CCOC2)CC1. The van der Waals surface area contributed by atoms with Crippen molar-refractivity contribution in [1.29, 1.82) is 5.26 Å². The Balaban J connectivity index is 1.32. The molecule has 0 aliphatic carbocycles. The van der Waals surface area contributed by atoms with Crippen molar-refractivity contribution in [2.75, 3.05) is 43.5 Å². The Hall–Kier alpha value is -4.69. The molecule has 0 spiro atoms. The molecular formula is C34H33ClN6O4. The summed E-state index contributed by atoms with van der Waals surface area (Å²) in [7, 11) is 0. The zero-order valence-corrected chi connectivity index (χ0v) is 25.6. The first-order valence-corrected chi connectivity index (χ1v) is 15.4. The second-order valence-corrected chi connectivity index (χ2v) is 11.3.